The van der Waals surface area contributed by atoms with Gasteiger partial charge in [0, 0.05) is 37.6 Å². The summed E-state index contributed by atoms with van der Waals surface area (Å²) in [5.74, 6) is 1.18. The summed E-state index contributed by atoms with van der Waals surface area (Å²) in [7, 11) is 0. The molecule has 1 amide bonds. The Labute approximate surface area is 181 Å². The Morgan fingerprint density at radius 3 is 2.65 bits per heavy atom. The molecule has 0 radical (unpaired) electrons. The minimum Gasteiger partial charge on any atom is -0.492 e. The zero-order chi connectivity index (χ0) is 21.6. The maximum Gasteiger partial charge on any atom is 0.230 e. The maximum atomic E-state index is 12.8. The van der Waals surface area contributed by atoms with Crippen molar-refractivity contribution >= 4 is 22.9 Å². The molecule has 0 unspecified atom stereocenters. The van der Waals surface area contributed by atoms with Gasteiger partial charge in [-0.05, 0) is 26.0 Å². The number of nitrogens with one attached hydrogen (secondary N) is 1. The van der Waals surface area contributed by atoms with Crippen LogP contribution in [0.4, 0.5) is 11.4 Å². The highest BCUT2D eigenvalue weighted by Gasteiger charge is 2.20. The summed E-state index contributed by atoms with van der Waals surface area (Å²) in [6, 6.07) is 9.55. The number of benzene rings is 1. The number of hydrogen-bond acceptors (Lipinski definition) is 6. The van der Waals surface area contributed by atoms with Gasteiger partial charge in [0.1, 0.15) is 17.1 Å². The molecule has 0 bridgehead atoms. The third-order valence-corrected chi connectivity index (χ3v) is 5.04. The Kier molecular flexibility index (Phi) is 6.57. The number of nitrogens with zero attached hydrogens (tertiary/aromatic N) is 3. The van der Waals surface area contributed by atoms with Crippen LogP contribution in [0.1, 0.15) is 19.5 Å². The predicted molar refractivity (Wildman–Crippen MR) is 119 cm³/mol. The Hall–Kier alpha value is -3.26. The molecule has 0 aliphatic carbocycles. The highest BCUT2D eigenvalue weighted by molar-refractivity contribution is 5.94. The van der Waals surface area contributed by atoms with E-state index < -0.39 is 0 Å². The highest BCUT2D eigenvalue weighted by Crippen LogP contribution is 2.39. The molecule has 0 atom stereocenters. The molecular weight excluding hydrogens is 396 g/mol. The molecule has 2 aromatic heterocycles. The number of morpholine rings is 1. The van der Waals surface area contributed by atoms with Crippen LogP contribution in [0.5, 0.6) is 11.5 Å². The van der Waals surface area contributed by atoms with Gasteiger partial charge in [0.25, 0.3) is 0 Å². The van der Waals surface area contributed by atoms with E-state index in [4.69, 9.17) is 14.2 Å². The van der Waals surface area contributed by atoms with E-state index in [1.165, 1.54) is 0 Å². The summed E-state index contributed by atoms with van der Waals surface area (Å²) < 4.78 is 19.1. The van der Waals surface area contributed by atoms with Gasteiger partial charge in [0.2, 0.25) is 5.91 Å². The molecule has 4 rings (SSSR count). The molecule has 1 aliphatic rings. The van der Waals surface area contributed by atoms with Crippen LogP contribution in [0.3, 0.4) is 0 Å². The van der Waals surface area contributed by atoms with Crippen LogP contribution in [0.2, 0.25) is 0 Å². The van der Waals surface area contributed by atoms with Crippen molar-refractivity contribution in [3.63, 3.8) is 0 Å². The molecule has 3 aromatic rings. The van der Waals surface area contributed by atoms with Gasteiger partial charge in [0.05, 0.1) is 49.9 Å². The number of anilines is 2. The van der Waals surface area contributed by atoms with Crippen molar-refractivity contribution < 1.29 is 19.0 Å². The molecule has 164 valence electrons. The number of hydrogen-bond donors (Lipinski definition) is 1. The molecule has 0 saturated carbocycles. The van der Waals surface area contributed by atoms with Crippen LogP contribution >= 0.6 is 0 Å². The van der Waals surface area contributed by atoms with Crippen LogP contribution in [-0.4, -0.2) is 54.8 Å². The number of ether oxygens (including phenoxy) is 3. The number of aromatic nitrogens is 2. The molecule has 8 nitrogen and oxygen atoms in total. The molecule has 3 heterocycles. The first-order chi connectivity index (χ1) is 15.2. The zero-order valence-electron chi connectivity index (χ0n) is 18.0. The summed E-state index contributed by atoms with van der Waals surface area (Å²) in [6.07, 6.45) is 3.95. The van der Waals surface area contributed by atoms with Gasteiger partial charge in [-0.1, -0.05) is 6.07 Å². The van der Waals surface area contributed by atoms with Crippen LogP contribution in [-0.2, 0) is 16.0 Å². The van der Waals surface area contributed by atoms with Crippen LogP contribution in [0, 0.1) is 0 Å². The lowest BCUT2D eigenvalue weighted by molar-refractivity contribution is -0.115. The van der Waals surface area contributed by atoms with Gasteiger partial charge in [-0.15, -0.1) is 0 Å². The Balaban J connectivity index is 1.57. The molecule has 0 spiro atoms. The number of carbonyl (C=O) groups is 1. The standard InChI is InChI=1S/C23H28N4O4/c1-3-30-20-15-19(26-9-11-29-12-10-26)21(31-4-2)14-18(20)25-23(28)13-17-16-27-8-6-5-7-22(27)24-17/h5-8,14-16H,3-4,9-13H2,1-2H3,(H,25,28). The van der Waals surface area contributed by atoms with Gasteiger partial charge in [0.15, 0.2) is 0 Å². The summed E-state index contributed by atoms with van der Waals surface area (Å²) in [5, 5.41) is 2.98. The smallest absolute Gasteiger partial charge is 0.230 e. The number of rotatable bonds is 8. The lowest BCUT2D eigenvalue weighted by atomic mass is 10.2. The van der Waals surface area contributed by atoms with E-state index in [0.29, 0.717) is 43.6 Å². The lowest BCUT2D eigenvalue weighted by Crippen LogP contribution is -2.36. The number of carbonyl (C=O) groups excluding carboxylic acids is 1. The molecule has 1 N–H and O–H groups in total. The van der Waals surface area contributed by atoms with Crippen molar-refractivity contribution in [2.45, 2.75) is 20.3 Å². The number of fused-ring (bicyclic) bond motifs is 1. The van der Waals surface area contributed by atoms with Crippen LogP contribution < -0.4 is 19.7 Å². The first kappa shape index (κ1) is 21.0. The van der Waals surface area contributed by atoms with Gasteiger partial charge in [-0.3, -0.25) is 4.79 Å². The number of imidazole rings is 1. The first-order valence-electron chi connectivity index (χ1n) is 10.7. The number of pyridine rings is 1. The SMILES string of the molecule is CCOc1cc(N2CCOCC2)c(OCC)cc1NC(=O)Cc1cn2ccccc2n1. The second-order valence-electron chi connectivity index (χ2n) is 7.20. The van der Waals surface area contributed by atoms with Crippen LogP contribution in [0.25, 0.3) is 5.65 Å². The monoisotopic (exact) mass is 424 g/mol. The van der Waals surface area contributed by atoms with Crippen molar-refractivity contribution in [3.8, 4) is 11.5 Å². The largest absolute Gasteiger partial charge is 0.492 e. The maximum absolute atomic E-state index is 12.8. The normalized spacial score (nSPS) is 13.9. The van der Waals surface area contributed by atoms with E-state index in [1.54, 1.807) is 0 Å². The van der Waals surface area contributed by atoms with E-state index >= 15 is 0 Å². The first-order valence-corrected chi connectivity index (χ1v) is 10.7. The Morgan fingerprint density at radius 2 is 1.90 bits per heavy atom. The van der Waals surface area contributed by atoms with Gasteiger partial charge < -0.3 is 28.8 Å². The fourth-order valence-electron chi connectivity index (χ4n) is 3.68. The second-order valence-corrected chi connectivity index (χ2v) is 7.20. The van der Waals surface area contributed by atoms with Crippen molar-refractivity contribution in [1.82, 2.24) is 9.38 Å². The molecule has 8 heteroatoms. The van der Waals surface area contributed by atoms with Crippen molar-refractivity contribution in [2.75, 3.05) is 49.7 Å². The molecule has 1 aromatic carbocycles. The summed E-state index contributed by atoms with van der Waals surface area (Å²) in [5.41, 5.74) is 3.06. The molecule has 31 heavy (non-hydrogen) atoms. The molecular formula is C23H28N4O4. The van der Waals surface area contributed by atoms with Crippen molar-refractivity contribution in [1.29, 1.82) is 0 Å². The van der Waals surface area contributed by atoms with E-state index in [-0.39, 0.29) is 12.3 Å². The summed E-state index contributed by atoms with van der Waals surface area (Å²) in [6.45, 7) is 7.80. The highest BCUT2D eigenvalue weighted by atomic mass is 16.5. The average molecular weight is 425 g/mol. The predicted octanol–water partition coefficient (Wildman–Crippen LogP) is 3.15. The minimum atomic E-state index is -0.161. The third-order valence-electron chi connectivity index (χ3n) is 5.04. The van der Waals surface area contributed by atoms with E-state index in [1.807, 2.05) is 61.0 Å². The van der Waals surface area contributed by atoms with E-state index in [0.717, 1.165) is 30.2 Å². The van der Waals surface area contributed by atoms with Crippen molar-refractivity contribution in [3.05, 3.63) is 48.4 Å². The minimum absolute atomic E-state index is 0.161. The molecule has 1 fully saturated rings. The molecule has 1 saturated heterocycles. The average Bonchev–Trinajstić information content (AvgIpc) is 3.18. The van der Waals surface area contributed by atoms with Gasteiger partial charge in [-0.25, -0.2) is 4.98 Å². The van der Waals surface area contributed by atoms with Crippen molar-refractivity contribution in [2.24, 2.45) is 0 Å². The quantitative estimate of drug-likeness (QED) is 0.599. The molecule has 1 aliphatic heterocycles. The fraction of sp³-hybridized carbons (Fsp3) is 0.391. The summed E-state index contributed by atoms with van der Waals surface area (Å²) >= 11 is 0. The second kappa shape index (κ2) is 9.70. The zero-order valence-corrected chi connectivity index (χ0v) is 18.0. The van der Waals surface area contributed by atoms with E-state index in [2.05, 4.69) is 15.2 Å². The fourth-order valence-corrected chi connectivity index (χ4v) is 3.68. The van der Waals surface area contributed by atoms with E-state index in [9.17, 15) is 4.79 Å². The topological polar surface area (TPSA) is 77.3 Å². The van der Waals surface area contributed by atoms with Gasteiger partial charge in [-0.2, -0.15) is 0 Å². The number of amides is 1. The lowest BCUT2D eigenvalue weighted by Gasteiger charge is -2.31. The third kappa shape index (κ3) is 4.91. The Morgan fingerprint density at radius 1 is 1.13 bits per heavy atom. The van der Waals surface area contributed by atoms with Gasteiger partial charge >= 0.3 is 0 Å². The Bertz CT molecular complexity index is 1010. The summed E-state index contributed by atoms with van der Waals surface area (Å²) in [4.78, 5) is 19.5. The van der Waals surface area contributed by atoms with Crippen LogP contribution in [0.15, 0.2) is 42.7 Å².